The highest BCUT2D eigenvalue weighted by Crippen LogP contribution is 2.42. The second-order valence-electron chi connectivity index (χ2n) is 9.44. The minimum absolute atomic E-state index is 0.0600. The van der Waals surface area contributed by atoms with Gasteiger partial charge in [-0.15, -0.1) is 0 Å². The molecule has 1 aliphatic rings. The molecule has 1 amide bonds. The third kappa shape index (κ3) is 8.23. The third-order valence-corrected chi connectivity index (χ3v) is 7.29. The van der Waals surface area contributed by atoms with Crippen LogP contribution >= 0.6 is 23.2 Å². The Morgan fingerprint density at radius 3 is 2.24 bits per heavy atom. The number of hydrogen-bond donors (Lipinski definition) is 0. The highest BCUT2D eigenvalue weighted by molar-refractivity contribution is 6.35. The van der Waals surface area contributed by atoms with E-state index < -0.39 is 12.3 Å². The summed E-state index contributed by atoms with van der Waals surface area (Å²) < 4.78 is 47.7. The van der Waals surface area contributed by atoms with E-state index in [0.717, 1.165) is 51.0 Å². The maximum Gasteiger partial charge on any atom is 0.425 e. The number of carbonyl (C=O) groups excluding carboxylic acids is 1. The van der Waals surface area contributed by atoms with E-state index in [2.05, 4.69) is 25.8 Å². The number of halogens is 5. The minimum atomic E-state index is -4.44. The van der Waals surface area contributed by atoms with E-state index in [-0.39, 0.29) is 23.3 Å². The van der Waals surface area contributed by atoms with Crippen LogP contribution in [-0.4, -0.2) is 36.8 Å². The predicted molar refractivity (Wildman–Crippen MR) is 146 cm³/mol. The average molecular weight is 578 g/mol. The van der Waals surface area contributed by atoms with Crippen molar-refractivity contribution in [2.24, 2.45) is 5.41 Å². The lowest BCUT2D eigenvalue weighted by molar-refractivity contribution is -0.189. The van der Waals surface area contributed by atoms with E-state index in [1.54, 1.807) is 24.1 Å². The van der Waals surface area contributed by atoms with Gasteiger partial charge in [0.2, 0.25) is 11.8 Å². The quantitative estimate of drug-likeness (QED) is 0.283. The van der Waals surface area contributed by atoms with Crippen molar-refractivity contribution in [3.63, 3.8) is 0 Å². The van der Waals surface area contributed by atoms with Crippen LogP contribution in [0.5, 0.6) is 5.88 Å². The Morgan fingerprint density at radius 2 is 1.76 bits per heavy atom. The number of carbonyl (C=O) groups is 1. The lowest BCUT2D eigenvalue weighted by Gasteiger charge is -2.27. The van der Waals surface area contributed by atoms with Crippen LogP contribution in [0.25, 0.3) is 0 Å². The molecule has 1 aliphatic heterocycles. The Morgan fingerprint density at radius 1 is 1.11 bits per heavy atom. The molecule has 0 bridgehead atoms. The zero-order chi connectivity index (χ0) is 28.5. The third-order valence-electron chi connectivity index (χ3n) is 6.73. The number of pyridine rings is 1. The standard InChI is InChI=1S/C18H25F3N2O2.C10H12Cl2O/c1-4-8-17(9-5-2)10-11-23(16(17)24)14-6-7-15(22-12-14)25-13(3)18(19,20)21;1-3-10(13-2)8-5-4-7(11)6-9(8)12/h6-7,12-13H,4-5,8-11H2,1-3H3;4-6,10H,3H2,1-2H3. The normalized spacial score (nSPS) is 16.6. The predicted octanol–water partition coefficient (Wildman–Crippen LogP) is 8.83. The van der Waals surface area contributed by atoms with Crippen LogP contribution < -0.4 is 9.64 Å². The van der Waals surface area contributed by atoms with Gasteiger partial charge in [0.1, 0.15) is 0 Å². The van der Waals surface area contributed by atoms with Crippen LogP contribution in [0.2, 0.25) is 10.0 Å². The second kappa shape index (κ2) is 14.4. The number of aromatic nitrogens is 1. The highest BCUT2D eigenvalue weighted by Gasteiger charge is 2.45. The molecule has 2 heterocycles. The molecule has 0 radical (unpaired) electrons. The fourth-order valence-corrected chi connectivity index (χ4v) is 5.27. The first-order valence-electron chi connectivity index (χ1n) is 12.9. The van der Waals surface area contributed by atoms with Crippen LogP contribution in [0.1, 0.15) is 77.9 Å². The van der Waals surface area contributed by atoms with E-state index in [1.165, 1.54) is 12.3 Å². The molecular weight excluding hydrogens is 540 g/mol. The number of alkyl halides is 3. The molecule has 3 rings (SSSR count). The number of nitrogens with zero attached hydrogens (tertiary/aromatic N) is 2. The lowest BCUT2D eigenvalue weighted by Crippen LogP contribution is -2.34. The van der Waals surface area contributed by atoms with Crippen LogP contribution in [0, 0.1) is 5.41 Å². The maximum absolute atomic E-state index is 12.9. The van der Waals surface area contributed by atoms with Gasteiger partial charge in [0, 0.05) is 29.8 Å². The van der Waals surface area contributed by atoms with Gasteiger partial charge in [-0.05, 0) is 56.4 Å². The first-order chi connectivity index (χ1) is 17.9. The average Bonchev–Trinajstić information content (AvgIpc) is 3.17. The molecule has 38 heavy (non-hydrogen) atoms. The number of anilines is 1. The Balaban J connectivity index is 0.000000328. The van der Waals surface area contributed by atoms with Gasteiger partial charge in [-0.3, -0.25) is 4.79 Å². The van der Waals surface area contributed by atoms with Crippen molar-refractivity contribution in [1.82, 2.24) is 4.98 Å². The Kier molecular flexibility index (Phi) is 12.2. The van der Waals surface area contributed by atoms with E-state index in [9.17, 15) is 18.0 Å². The van der Waals surface area contributed by atoms with Crippen LogP contribution in [-0.2, 0) is 9.53 Å². The molecule has 2 atom stereocenters. The maximum atomic E-state index is 12.9. The van der Waals surface area contributed by atoms with Gasteiger partial charge >= 0.3 is 6.18 Å². The van der Waals surface area contributed by atoms with Crippen molar-refractivity contribution < 1.29 is 27.4 Å². The summed E-state index contributed by atoms with van der Waals surface area (Å²) in [5.74, 6) is -0.0103. The molecule has 0 aliphatic carbocycles. The summed E-state index contributed by atoms with van der Waals surface area (Å²) in [5.41, 5.74) is 1.28. The first kappa shape index (κ1) is 32.2. The van der Waals surface area contributed by atoms with Gasteiger partial charge in [0.15, 0.2) is 6.10 Å². The van der Waals surface area contributed by atoms with Crippen LogP contribution in [0.15, 0.2) is 36.5 Å². The molecule has 10 heteroatoms. The van der Waals surface area contributed by atoms with Gasteiger partial charge in [-0.2, -0.15) is 13.2 Å². The second-order valence-corrected chi connectivity index (χ2v) is 10.3. The van der Waals surface area contributed by atoms with E-state index in [1.807, 2.05) is 12.1 Å². The number of ether oxygens (including phenoxy) is 2. The van der Waals surface area contributed by atoms with Gasteiger partial charge in [-0.25, -0.2) is 4.98 Å². The summed E-state index contributed by atoms with van der Waals surface area (Å²) in [6.45, 7) is 7.74. The monoisotopic (exact) mass is 576 g/mol. The van der Waals surface area contributed by atoms with E-state index >= 15 is 0 Å². The summed E-state index contributed by atoms with van der Waals surface area (Å²) in [6, 6.07) is 8.44. The van der Waals surface area contributed by atoms with Gasteiger partial charge in [0.05, 0.1) is 23.4 Å². The first-order valence-corrected chi connectivity index (χ1v) is 13.7. The molecular formula is C28H37Cl2F3N2O3. The summed E-state index contributed by atoms with van der Waals surface area (Å²) in [7, 11) is 1.68. The number of benzene rings is 1. The molecule has 1 fully saturated rings. The summed E-state index contributed by atoms with van der Waals surface area (Å²) in [4.78, 5) is 18.5. The number of methoxy groups -OCH3 is 1. The van der Waals surface area contributed by atoms with Crippen molar-refractivity contribution in [2.75, 3.05) is 18.6 Å². The molecule has 212 valence electrons. The molecule has 1 saturated heterocycles. The summed E-state index contributed by atoms with van der Waals surface area (Å²) in [5, 5.41) is 1.32. The smallest absolute Gasteiger partial charge is 0.425 e. The lowest BCUT2D eigenvalue weighted by atomic mass is 9.78. The fourth-order valence-electron chi connectivity index (χ4n) is 4.74. The minimum Gasteiger partial charge on any atom is -0.465 e. The van der Waals surface area contributed by atoms with Crippen molar-refractivity contribution in [2.45, 2.75) is 84.6 Å². The molecule has 1 aromatic carbocycles. The molecule has 0 spiro atoms. The van der Waals surface area contributed by atoms with Crippen LogP contribution in [0.4, 0.5) is 18.9 Å². The molecule has 0 N–H and O–H groups in total. The zero-order valence-corrected chi connectivity index (χ0v) is 24.1. The Bertz CT molecular complexity index is 1020. The number of hydrogen-bond acceptors (Lipinski definition) is 4. The summed E-state index contributed by atoms with van der Waals surface area (Å²) >= 11 is 11.8. The van der Waals surface area contributed by atoms with Crippen molar-refractivity contribution >= 4 is 34.8 Å². The van der Waals surface area contributed by atoms with Gasteiger partial charge in [-0.1, -0.05) is 62.9 Å². The van der Waals surface area contributed by atoms with E-state index in [4.69, 9.17) is 32.7 Å². The Labute approximate surface area is 233 Å². The van der Waals surface area contributed by atoms with E-state index in [0.29, 0.717) is 22.3 Å². The molecule has 0 saturated carbocycles. The molecule has 5 nitrogen and oxygen atoms in total. The fraction of sp³-hybridized carbons (Fsp3) is 0.571. The zero-order valence-electron chi connectivity index (χ0n) is 22.6. The highest BCUT2D eigenvalue weighted by atomic mass is 35.5. The number of rotatable bonds is 10. The van der Waals surface area contributed by atoms with Crippen molar-refractivity contribution in [1.29, 1.82) is 0 Å². The van der Waals surface area contributed by atoms with Gasteiger partial charge < -0.3 is 14.4 Å². The summed E-state index contributed by atoms with van der Waals surface area (Å²) in [6.07, 6.45) is 0.400. The molecule has 2 aromatic rings. The largest absolute Gasteiger partial charge is 0.465 e. The van der Waals surface area contributed by atoms with Crippen molar-refractivity contribution in [3.05, 3.63) is 52.1 Å². The molecule has 2 unspecified atom stereocenters. The Hall–Kier alpha value is -2.03. The van der Waals surface area contributed by atoms with Crippen LogP contribution in [0.3, 0.4) is 0 Å². The number of amides is 1. The SMILES string of the molecule is CCC(OC)c1ccc(Cl)cc1Cl.CCCC1(CCC)CCN(c2ccc(OC(C)C(F)(F)F)nc2)C1=O. The molecule has 1 aromatic heterocycles. The van der Waals surface area contributed by atoms with Gasteiger partial charge in [0.25, 0.3) is 0 Å². The topological polar surface area (TPSA) is 51.7 Å². The van der Waals surface area contributed by atoms with Crippen molar-refractivity contribution in [3.8, 4) is 5.88 Å².